The van der Waals surface area contributed by atoms with Crippen molar-refractivity contribution in [2.24, 2.45) is 0 Å². The Labute approximate surface area is 149 Å². The zero-order valence-electron chi connectivity index (χ0n) is 13.7. The molecule has 1 amide bonds. The number of hydrogen-bond acceptors (Lipinski definition) is 5. The number of anilines is 2. The van der Waals surface area contributed by atoms with Gasteiger partial charge in [0.15, 0.2) is 11.5 Å². The lowest BCUT2D eigenvalue weighted by Gasteiger charge is -2.08. The topological polar surface area (TPSA) is 95.1 Å². The van der Waals surface area contributed by atoms with Crippen LogP contribution >= 0.6 is 11.6 Å². The van der Waals surface area contributed by atoms with E-state index in [-0.39, 0.29) is 11.5 Å². The first kappa shape index (κ1) is 16.8. The quantitative estimate of drug-likeness (QED) is 0.748. The Bertz CT molecular complexity index is 939. The molecule has 25 heavy (non-hydrogen) atoms. The molecule has 0 atom stereocenters. The minimum atomic E-state index is -0.433. The van der Waals surface area contributed by atoms with Crippen LogP contribution in [0.4, 0.5) is 11.5 Å². The SMILES string of the molecule is COc1ccc(-n2nnc(C(=O)Nc3ccccc3C)c2N)cc1Cl. The first-order valence-electron chi connectivity index (χ1n) is 7.43. The highest BCUT2D eigenvalue weighted by atomic mass is 35.5. The summed E-state index contributed by atoms with van der Waals surface area (Å²) < 4.78 is 6.46. The van der Waals surface area contributed by atoms with Crippen molar-refractivity contribution < 1.29 is 9.53 Å². The summed E-state index contributed by atoms with van der Waals surface area (Å²) >= 11 is 6.12. The third-order valence-electron chi connectivity index (χ3n) is 3.69. The fraction of sp³-hybridized carbons (Fsp3) is 0.118. The van der Waals surface area contributed by atoms with Crippen LogP contribution in [0, 0.1) is 6.92 Å². The normalized spacial score (nSPS) is 10.5. The Morgan fingerprint density at radius 1 is 1.28 bits per heavy atom. The molecule has 0 aliphatic rings. The number of aromatic nitrogens is 3. The summed E-state index contributed by atoms with van der Waals surface area (Å²) in [5.41, 5.74) is 8.29. The van der Waals surface area contributed by atoms with Crippen molar-refractivity contribution in [3.05, 3.63) is 58.7 Å². The number of aryl methyl sites for hydroxylation is 1. The Morgan fingerprint density at radius 3 is 2.72 bits per heavy atom. The average molecular weight is 358 g/mol. The molecule has 0 radical (unpaired) electrons. The van der Waals surface area contributed by atoms with E-state index in [1.807, 2.05) is 25.1 Å². The zero-order chi connectivity index (χ0) is 18.0. The van der Waals surface area contributed by atoms with Crippen LogP contribution in [-0.4, -0.2) is 28.0 Å². The first-order chi connectivity index (χ1) is 12.0. The van der Waals surface area contributed by atoms with E-state index in [9.17, 15) is 4.79 Å². The number of benzene rings is 2. The van der Waals surface area contributed by atoms with E-state index in [2.05, 4.69) is 15.6 Å². The van der Waals surface area contributed by atoms with Gasteiger partial charge in [0.25, 0.3) is 5.91 Å². The van der Waals surface area contributed by atoms with Gasteiger partial charge < -0.3 is 15.8 Å². The number of carbonyl (C=O) groups is 1. The van der Waals surface area contributed by atoms with Gasteiger partial charge in [0, 0.05) is 5.69 Å². The van der Waals surface area contributed by atoms with Crippen LogP contribution in [0.25, 0.3) is 5.69 Å². The predicted molar refractivity (Wildman–Crippen MR) is 96.5 cm³/mol. The van der Waals surface area contributed by atoms with E-state index in [1.165, 1.54) is 11.8 Å². The Morgan fingerprint density at radius 2 is 2.04 bits per heavy atom. The third kappa shape index (κ3) is 3.27. The number of amides is 1. The highest BCUT2D eigenvalue weighted by Crippen LogP contribution is 2.27. The highest BCUT2D eigenvalue weighted by molar-refractivity contribution is 6.32. The second kappa shape index (κ2) is 6.82. The molecule has 3 rings (SSSR count). The summed E-state index contributed by atoms with van der Waals surface area (Å²) in [7, 11) is 1.53. The molecule has 2 aromatic carbocycles. The molecular formula is C17H16ClN5O2. The maximum Gasteiger partial charge on any atom is 0.280 e. The summed E-state index contributed by atoms with van der Waals surface area (Å²) in [5.74, 6) is 0.214. The molecule has 0 unspecified atom stereocenters. The number of para-hydroxylation sites is 1. The monoisotopic (exact) mass is 357 g/mol. The molecule has 128 valence electrons. The largest absolute Gasteiger partial charge is 0.495 e. The highest BCUT2D eigenvalue weighted by Gasteiger charge is 2.19. The van der Waals surface area contributed by atoms with Gasteiger partial charge in [-0.25, -0.2) is 0 Å². The number of nitrogens with two attached hydrogens (primary N) is 1. The standard InChI is InChI=1S/C17H16ClN5O2/c1-10-5-3-4-6-13(10)20-17(24)15-16(19)23(22-21-15)11-7-8-14(25-2)12(18)9-11/h3-9H,19H2,1-2H3,(H,20,24). The van der Waals surface area contributed by atoms with Gasteiger partial charge in [0.1, 0.15) is 5.75 Å². The molecule has 0 saturated carbocycles. The number of halogens is 1. The predicted octanol–water partition coefficient (Wildman–Crippen LogP) is 3.07. The molecule has 0 spiro atoms. The molecule has 0 aliphatic heterocycles. The van der Waals surface area contributed by atoms with Crippen molar-refractivity contribution in [2.75, 3.05) is 18.2 Å². The lowest BCUT2D eigenvalue weighted by Crippen LogP contribution is -2.15. The van der Waals surface area contributed by atoms with E-state index in [1.54, 1.807) is 24.3 Å². The van der Waals surface area contributed by atoms with E-state index < -0.39 is 5.91 Å². The minimum absolute atomic E-state index is 0.0372. The van der Waals surface area contributed by atoms with E-state index in [0.717, 1.165) is 5.56 Å². The summed E-state index contributed by atoms with van der Waals surface area (Å²) in [6.07, 6.45) is 0. The molecule has 3 N–H and O–H groups in total. The molecular weight excluding hydrogens is 342 g/mol. The first-order valence-corrected chi connectivity index (χ1v) is 7.81. The van der Waals surface area contributed by atoms with Crippen LogP contribution < -0.4 is 15.8 Å². The smallest absolute Gasteiger partial charge is 0.280 e. The molecule has 1 aromatic heterocycles. The number of methoxy groups -OCH3 is 1. The fourth-order valence-electron chi connectivity index (χ4n) is 2.32. The fourth-order valence-corrected chi connectivity index (χ4v) is 2.58. The van der Waals surface area contributed by atoms with Gasteiger partial charge in [-0.1, -0.05) is 35.0 Å². The van der Waals surface area contributed by atoms with E-state index in [4.69, 9.17) is 22.1 Å². The van der Waals surface area contributed by atoms with Crippen molar-refractivity contribution in [2.45, 2.75) is 6.92 Å². The number of carbonyl (C=O) groups excluding carboxylic acids is 1. The van der Waals surface area contributed by atoms with Gasteiger partial charge in [-0.2, -0.15) is 4.68 Å². The molecule has 0 fully saturated rings. The molecule has 1 heterocycles. The maximum absolute atomic E-state index is 12.4. The zero-order valence-corrected chi connectivity index (χ0v) is 14.4. The Hall–Kier alpha value is -3.06. The summed E-state index contributed by atoms with van der Waals surface area (Å²) in [6, 6.07) is 12.5. The molecule has 0 bridgehead atoms. The number of rotatable bonds is 4. The average Bonchev–Trinajstić information content (AvgIpc) is 2.98. The van der Waals surface area contributed by atoms with Crippen LogP contribution in [0.3, 0.4) is 0 Å². The van der Waals surface area contributed by atoms with E-state index in [0.29, 0.717) is 22.1 Å². The molecule has 7 nitrogen and oxygen atoms in total. The molecule has 0 saturated heterocycles. The number of nitrogen functional groups attached to an aromatic ring is 1. The molecule has 8 heteroatoms. The van der Waals surface area contributed by atoms with Crippen LogP contribution in [0.5, 0.6) is 5.75 Å². The van der Waals surface area contributed by atoms with Crippen LogP contribution in [0.15, 0.2) is 42.5 Å². The Kier molecular flexibility index (Phi) is 4.58. The van der Waals surface area contributed by atoms with Crippen LogP contribution in [0.2, 0.25) is 5.02 Å². The van der Waals surface area contributed by atoms with Crippen molar-refractivity contribution in [3.63, 3.8) is 0 Å². The van der Waals surface area contributed by atoms with E-state index >= 15 is 0 Å². The summed E-state index contributed by atoms with van der Waals surface area (Å²) in [5, 5.41) is 11.0. The lowest BCUT2D eigenvalue weighted by molar-refractivity contribution is 0.102. The summed E-state index contributed by atoms with van der Waals surface area (Å²) in [6.45, 7) is 1.90. The van der Waals surface area contributed by atoms with Crippen molar-refractivity contribution in [1.82, 2.24) is 15.0 Å². The minimum Gasteiger partial charge on any atom is -0.495 e. The van der Waals surface area contributed by atoms with Gasteiger partial charge in [0.2, 0.25) is 0 Å². The van der Waals surface area contributed by atoms with Crippen molar-refractivity contribution >= 4 is 29.0 Å². The van der Waals surface area contributed by atoms with Gasteiger partial charge >= 0.3 is 0 Å². The van der Waals surface area contributed by atoms with Gasteiger partial charge in [0.05, 0.1) is 17.8 Å². The number of nitrogens with one attached hydrogen (secondary N) is 1. The van der Waals surface area contributed by atoms with Gasteiger partial charge in [-0.15, -0.1) is 5.10 Å². The number of hydrogen-bond donors (Lipinski definition) is 2. The van der Waals surface area contributed by atoms with Gasteiger partial charge in [-0.3, -0.25) is 4.79 Å². The second-order valence-electron chi connectivity index (χ2n) is 5.32. The lowest BCUT2D eigenvalue weighted by atomic mass is 10.2. The Balaban J connectivity index is 1.89. The van der Waals surface area contributed by atoms with Gasteiger partial charge in [-0.05, 0) is 36.8 Å². The maximum atomic E-state index is 12.4. The van der Waals surface area contributed by atoms with Crippen molar-refractivity contribution in [1.29, 1.82) is 0 Å². The van der Waals surface area contributed by atoms with Crippen LogP contribution in [-0.2, 0) is 0 Å². The molecule has 0 aliphatic carbocycles. The van der Waals surface area contributed by atoms with Crippen LogP contribution in [0.1, 0.15) is 16.1 Å². The summed E-state index contributed by atoms with van der Waals surface area (Å²) in [4.78, 5) is 12.4. The third-order valence-corrected chi connectivity index (χ3v) is 3.99. The second-order valence-corrected chi connectivity index (χ2v) is 5.73. The van der Waals surface area contributed by atoms with Crippen molar-refractivity contribution in [3.8, 4) is 11.4 Å². The number of ether oxygens (including phenoxy) is 1. The number of nitrogens with zero attached hydrogens (tertiary/aromatic N) is 3. The molecule has 3 aromatic rings.